The van der Waals surface area contributed by atoms with Gasteiger partial charge in [0.25, 0.3) is 0 Å². The number of thiophene rings is 1. The van der Waals surface area contributed by atoms with Gasteiger partial charge in [-0.3, -0.25) is 0 Å². The summed E-state index contributed by atoms with van der Waals surface area (Å²) >= 11 is 1.59. The zero-order valence-corrected chi connectivity index (χ0v) is 13.5. The lowest BCUT2D eigenvalue weighted by Crippen LogP contribution is -1.92. The van der Waals surface area contributed by atoms with Crippen molar-refractivity contribution in [2.45, 2.75) is 0 Å². The second-order valence-electron chi connectivity index (χ2n) is 5.10. The van der Waals surface area contributed by atoms with E-state index in [-0.39, 0.29) is 6.79 Å². The molecule has 4 rings (SSSR count). The number of benzene rings is 2. The molecular weight excluding hydrogens is 316 g/mol. The molecule has 0 spiro atoms. The molecule has 1 aliphatic heterocycles. The van der Waals surface area contributed by atoms with Crippen LogP contribution < -0.4 is 9.47 Å². The first-order valence-electron chi connectivity index (χ1n) is 7.45. The fraction of sp³-hybridized carbons (Fsp3) is 0.0476. The van der Waals surface area contributed by atoms with Crippen molar-refractivity contribution >= 4 is 11.3 Å². The van der Waals surface area contributed by atoms with E-state index in [1.54, 1.807) is 11.3 Å². The maximum Gasteiger partial charge on any atom is 0.231 e. The summed E-state index contributed by atoms with van der Waals surface area (Å²) < 4.78 is 10.7. The summed E-state index contributed by atoms with van der Waals surface area (Å²) in [6.07, 6.45) is 0. The van der Waals surface area contributed by atoms with E-state index < -0.39 is 0 Å². The molecule has 1 aliphatic rings. The highest BCUT2D eigenvalue weighted by atomic mass is 32.1. The fourth-order valence-electron chi connectivity index (χ4n) is 2.24. The molecular formula is C21H12O2S. The van der Waals surface area contributed by atoms with Gasteiger partial charge in [0.05, 0.1) is 9.75 Å². The van der Waals surface area contributed by atoms with E-state index in [1.807, 2.05) is 60.7 Å². The van der Waals surface area contributed by atoms with Crippen molar-refractivity contribution in [3.8, 4) is 35.2 Å². The largest absolute Gasteiger partial charge is 0.454 e. The Balaban J connectivity index is 1.51. The first-order chi connectivity index (χ1) is 11.9. The summed E-state index contributed by atoms with van der Waals surface area (Å²) in [6.45, 7) is 0.278. The van der Waals surface area contributed by atoms with Gasteiger partial charge < -0.3 is 9.47 Å². The van der Waals surface area contributed by atoms with Crippen LogP contribution in [-0.4, -0.2) is 6.79 Å². The van der Waals surface area contributed by atoms with Crippen LogP contribution in [-0.2, 0) is 0 Å². The van der Waals surface area contributed by atoms with Gasteiger partial charge in [0, 0.05) is 11.1 Å². The Morgan fingerprint density at radius 3 is 2.17 bits per heavy atom. The SMILES string of the molecule is C(#Cc1ccc(C#Cc2ccc3c(c2)OCO3)s1)c1ccccc1. The van der Waals surface area contributed by atoms with Crippen molar-refractivity contribution in [3.05, 3.63) is 81.5 Å². The smallest absolute Gasteiger partial charge is 0.231 e. The van der Waals surface area contributed by atoms with Gasteiger partial charge in [-0.1, -0.05) is 41.9 Å². The zero-order chi connectivity index (χ0) is 16.2. The summed E-state index contributed by atoms with van der Waals surface area (Å²) in [5.41, 5.74) is 1.92. The Bertz CT molecular complexity index is 995. The number of hydrogen-bond donors (Lipinski definition) is 0. The molecule has 0 amide bonds. The van der Waals surface area contributed by atoms with E-state index in [1.165, 1.54) is 0 Å². The monoisotopic (exact) mass is 328 g/mol. The van der Waals surface area contributed by atoms with Crippen molar-refractivity contribution in [2.75, 3.05) is 6.79 Å². The number of rotatable bonds is 0. The highest BCUT2D eigenvalue weighted by Gasteiger charge is 2.12. The summed E-state index contributed by atoms with van der Waals surface area (Å²) in [4.78, 5) is 2.00. The summed E-state index contributed by atoms with van der Waals surface area (Å²) in [6, 6.07) is 19.7. The van der Waals surface area contributed by atoms with E-state index in [2.05, 4.69) is 23.7 Å². The molecule has 1 aromatic heterocycles. The van der Waals surface area contributed by atoms with Crippen LogP contribution in [0.2, 0.25) is 0 Å². The molecule has 24 heavy (non-hydrogen) atoms. The molecule has 0 saturated heterocycles. The molecule has 0 saturated carbocycles. The molecule has 2 aromatic carbocycles. The number of fused-ring (bicyclic) bond motifs is 1. The minimum atomic E-state index is 0.278. The van der Waals surface area contributed by atoms with Crippen molar-refractivity contribution in [1.29, 1.82) is 0 Å². The molecule has 2 nitrogen and oxygen atoms in total. The summed E-state index contributed by atoms with van der Waals surface area (Å²) in [7, 11) is 0. The third-order valence-electron chi connectivity index (χ3n) is 3.41. The van der Waals surface area contributed by atoms with Crippen molar-refractivity contribution in [2.24, 2.45) is 0 Å². The minimum absolute atomic E-state index is 0.278. The van der Waals surface area contributed by atoms with Crippen molar-refractivity contribution in [3.63, 3.8) is 0 Å². The molecule has 0 N–H and O–H groups in total. The van der Waals surface area contributed by atoms with Crippen LogP contribution in [0.5, 0.6) is 11.5 Å². The van der Waals surface area contributed by atoms with Crippen molar-refractivity contribution in [1.82, 2.24) is 0 Å². The summed E-state index contributed by atoms with van der Waals surface area (Å²) in [5.74, 6) is 14.2. The Morgan fingerprint density at radius 1 is 0.667 bits per heavy atom. The molecule has 0 radical (unpaired) electrons. The topological polar surface area (TPSA) is 18.5 Å². The molecule has 0 atom stereocenters. The van der Waals surface area contributed by atoms with Gasteiger partial charge in [-0.2, -0.15) is 0 Å². The molecule has 3 aromatic rings. The van der Waals surface area contributed by atoms with Crippen molar-refractivity contribution < 1.29 is 9.47 Å². The third kappa shape index (κ3) is 3.27. The maximum absolute atomic E-state index is 5.36. The van der Waals surface area contributed by atoms with Crippen LogP contribution in [0.3, 0.4) is 0 Å². The molecule has 0 fully saturated rings. The second kappa shape index (κ2) is 6.54. The van der Waals surface area contributed by atoms with Crippen LogP contribution in [0.1, 0.15) is 20.9 Å². The average Bonchev–Trinajstić information content (AvgIpc) is 3.28. The van der Waals surface area contributed by atoms with Gasteiger partial charge in [0.2, 0.25) is 6.79 Å². The predicted octanol–water partition coefficient (Wildman–Crippen LogP) is 4.28. The third-order valence-corrected chi connectivity index (χ3v) is 4.33. The lowest BCUT2D eigenvalue weighted by molar-refractivity contribution is 0.174. The van der Waals surface area contributed by atoms with Gasteiger partial charge in [-0.15, -0.1) is 11.3 Å². The number of ether oxygens (including phenoxy) is 2. The standard InChI is InChI=1S/C21H12O2S/c1-2-4-16(5-3-1)6-9-18-11-12-19(24-18)10-7-17-8-13-20-21(14-17)23-15-22-20/h1-5,8,11-14H,15H2. The second-order valence-corrected chi connectivity index (χ2v) is 6.18. The summed E-state index contributed by atoms with van der Waals surface area (Å²) in [5, 5.41) is 0. The first kappa shape index (κ1) is 14.5. The van der Waals surface area contributed by atoms with Crippen LogP contribution in [0.25, 0.3) is 0 Å². The van der Waals surface area contributed by atoms with Gasteiger partial charge in [-0.25, -0.2) is 0 Å². The van der Waals surface area contributed by atoms with Gasteiger partial charge in [-0.05, 0) is 42.5 Å². The highest BCUT2D eigenvalue weighted by Crippen LogP contribution is 2.32. The van der Waals surface area contributed by atoms with Crippen LogP contribution >= 0.6 is 11.3 Å². The minimum Gasteiger partial charge on any atom is -0.454 e. The van der Waals surface area contributed by atoms with Crippen LogP contribution in [0, 0.1) is 23.7 Å². The maximum atomic E-state index is 5.36. The number of hydrogen-bond acceptors (Lipinski definition) is 3. The first-order valence-corrected chi connectivity index (χ1v) is 8.27. The van der Waals surface area contributed by atoms with Crippen LogP contribution in [0.15, 0.2) is 60.7 Å². The van der Waals surface area contributed by atoms with E-state index in [0.717, 1.165) is 32.4 Å². The van der Waals surface area contributed by atoms with Gasteiger partial charge in [0.15, 0.2) is 11.5 Å². The average molecular weight is 328 g/mol. The molecule has 2 heterocycles. The molecule has 0 bridgehead atoms. The lowest BCUT2D eigenvalue weighted by Gasteiger charge is -1.94. The van der Waals surface area contributed by atoms with Gasteiger partial charge >= 0.3 is 0 Å². The van der Waals surface area contributed by atoms with E-state index in [9.17, 15) is 0 Å². The molecule has 114 valence electrons. The normalized spacial score (nSPS) is 11.2. The van der Waals surface area contributed by atoms with E-state index in [0.29, 0.717) is 0 Å². The highest BCUT2D eigenvalue weighted by molar-refractivity contribution is 7.13. The van der Waals surface area contributed by atoms with Crippen LogP contribution in [0.4, 0.5) is 0 Å². The Kier molecular flexibility index (Phi) is 3.94. The quantitative estimate of drug-likeness (QED) is 0.574. The molecule has 0 aliphatic carbocycles. The van der Waals surface area contributed by atoms with E-state index in [4.69, 9.17) is 9.47 Å². The zero-order valence-electron chi connectivity index (χ0n) is 12.7. The Hall–Kier alpha value is -3.14. The molecule has 0 unspecified atom stereocenters. The Morgan fingerprint density at radius 2 is 1.38 bits per heavy atom. The predicted molar refractivity (Wildman–Crippen MR) is 95.3 cm³/mol. The fourth-order valence-corrected chi connectivity index (χ4v) is 2.95. The Labute approximate surface area is 144 Å². The van der Waals surface area contributed by atoms with Gasteiger partial charge in [0.1, 0.15) is 0 Å². The lowest BCUT2D eigenvalue weighted by atomic mass is 10.2. The van der Waals surface area contributed by atoms with E-state index >= 15 is 0 Å². The molecule has 3 heteroatoms.